The first-order valence-corrected chi connectivity index (χ1v) is 6.87. The lowest BCUT2D eigenvalue weighted by molar-refractivity contribution is -0.0133. The molecule has 0 bridgehead atoms. The lowest BCUT2D eigenvalue weighted by Gasteiger charge is -2.37. The highest BCUT2D eigenvalue weighted by Crippen LogP contribution is 2.44. The first-order chi connectivity index (χ1) is 8.61. The number of rotatable bonds is 1. The Morgan fingerprint density at radius 3 is 3.11 bits per heavy atom. The number of hydrogen-bond acceptors (Lipinski definition) is 4. The number of hydrogen-bond donors (Lipinski definition) is 2. The second-order valence-corrected chi connectivity index (χ2v) is 5.74. The van der Waals surface area contributed by atoms with Crippen LogP contribution < -0.4 is 5.73 Å². The van der Waals surface area contributed by atoms with Gasteiger partial charge in [0, 0.05) is 24.3 Å². The Kier molecular flexibility index (Phi) is 2.96. The molecule has 3 heterocycles. The average molecular weight is 268 g/mol. The molecule has 1 aromatic rings. The van der Waals surface area contributed by atoms with Crippen molar-refractivity contribution in [1.82, 2.24) is 9.88 Å². The van der Waals surface area contributed by atoms with Crippen molar-refractivity contribution >= 4 is 17.4 Å². The maximum atomic E-state index is 11.0. The quantitative estimate of drug-likeness (QED) is 0.814. The van der Waals surface area contributed by atoms with E-state index in [9.17, 15) is 5.11 Å². The summed E-state index contributed by atoms with van der Waals surface area (Å²) in [5.41, 5.74) is 5.74. The molecule has 5 heteroatoms. The van der Waals surface area contributed by atoms with E-state index in [2.05, 4.69) is 9.88 Å². The smallest absolute Gasteiger partial charge is 0.129 e. The van der Waals surface area contributed by atoms with Gasteiger partial charge in [0.05, 0.1) is 5.02 Å². The lowest BCUT2D eigenvalue weighted by atomic mass is 9.83. The van der Waals surface area contributed by atoms with Crippen molar-refractivity contribution in [1.29, 1.82) is 0 Å². The molecule has 0 aliphatic carbocycles. The van der Waals surface area contributed by atoms with Crippen LogP contribution in [0.4, 0.5) is 5.82 Å². The molecule has 0 radical (unpaired) electrons. The summed E-state index contributed by atoms with van der Waals surface area (Å²) in [4.78, 5) is 6.44. The SMILES string of the molecule is Nc1ncc(Cl)cc1C1(O)CCN2CCCCC21. The van der Waals surface area contributed by atoms with Gasteiger partial charge in [-0.25, -0.2) is 4.98 Å². The molecule has 1 aromatic heterocycles. The van der Waals surface area contributed by atoms with Crippen LogP contribution in [0.2, 0.25) is 5.02 Å². The summed E-state index contributed by atoms with van der Waals surface area (Å²) in [7, 11) is 0. The molecule has 18 heavy (non-hydrogen) atoms. The molecule has 2 atom stereocenters. The normalized spacial score (nSPS) is 32.4. The highest BCUT2D eigenvalue weighted by molar-refractivity contribution is 6.30. The minimum Gasteiger partial charge on any atom is -0.383 e. The summed E-state index contributed by atoms with van der Waals surface area (Å²) >= 11 is 5.99. The molecule has 2 aliphatic heterocycles. The predicted octanol–water partition coefficient (Wildman–Crippen LogP) is 1.76. The van der Waals surface area contributed by atoms with Gasteiger partial charge in [-0.2, -0.15) is 0 Å². The van der Waals surface area contributed by atoms with Crippen LogP contribution in [-0.2, 0) is 5.60 Å². The second-order valence-electron chi connectivity index (χ2n) is 5.31. The van der Waals surface area contributed by atoms with E-state index in [1.165, 1.54) is 12.6 Å². The van der Waals surface area contributed by atoms with Gasteiger partial charge in [0.2, 0.25) is 0 Å². The molecule has 2 aliphatic rings. The number of piperidine rings is 1. The molecular weight excluding hydrogens is 250 g/mol. The van der Waals surface area contributed by atoms with Gasteiger partial charge in [0.1, 0.15) is 11.4 Å². The first kappa shape index (κ1) is 12.2. The number of halogens is 1. The van der Waals surface area contributed by atoms with Gasteiger partial charge in [-0.1, -0.05) is 18.0 Å². The van der Waals surface area contributed by atoms with Gasteiger partial charge >= 0.3 is 0 Å². The van der Waals surface area contributed by atoms with Gasteiger partial charge in [0.15, 0.2) is 0 Å². The highest BCUT2D eigenvalue weighted by Gasteiger charge is 2.48. The molecule has 0 aromatic carbocycles. The van der Waals surface area contributed by atoms with E-state index >= 15 is 0 Å². The minimum atomic E-state index is -0.887. The van der Waals surface area contributed by atoms with Crippen molar-refractivity contribution < 1.29 is 5.11 Å². The standard InChI is InChI=1S/C13H18ClN3O/c14-9-7-10(12(15)16-8-9)13(18)4-6-17-5-2-1-3-11(13)17/h7-8,11,18H,1-6H2,(H2,15,16). The van der Waals surface area contributed by atoms with Crippen molar-refractivity contribution in [3.8, 4) is 0 Å². The molecule has 98 valence electrons. The van der Waals surface area contributed by atoms with Crippen LogP contribution in [0.1, 0.15) is 31.2 Å². The van der Waals surface area contributed by atoms with Crippen LogP contribution in [0, 0.1) is 0 Å². The summed E-state index contributed by atoms with van der Waals surface area (Å²) in [5, 5.41) is 11.6. The van der Waals surface area contributed by atoms with Crippen LogP contribution in [0.5, 0.6) is 0 Å². The van der Waals surface area contributed by atoms with E-state index in [1.807, 2.05) is 0 Å². The van der Waals surface area contributed by atoms with E-state index in [0.29, 0.717) is 22.8 Å². The number of fused-ring (bicyclic) bond motifs is 1. The Labute approximate surface area is 112 Å². The number of aliphatic hydroxyl groups is 1. The average Bonchev–Trinajstić information content (AvgIpc) is 2.72. The van der Waals surface area contributed by atoms with Gasteiger partial charge in [-0.15, -0.1) is 0 Å². The van der Waals surface area contributed by atoms with Gasteiger partial charge in [-0.3, -0.25) is 4.90 Å². The zero-order valence-corrected chi connectivity index (χ0v) is 11.0. The molecule has 0 spiro atoms. The van der Waals surface area contributed by atoms with Crippen molar-refractivity contribution in [3.63, 3.8) is 0 Å². The molecule has 3 N–H and O–H groups in total. The number of nitrogen functional groups attached to an aromatic ring is 1. The fourth-order valence-electron chi connectivity index (χ4n) is 3.39. The Bertz CT molecular complexity index is 468. The summed E-state index contributed by atoms with van der Waals surface area (Å²) in [6, 6.07) is 1.93. The fraction of sp³-hybridized carbons (Fsp3) is 0.615. The lowest BCUT2D eigenvalue weighted by Crippen LogP contribution is -2.45. The number of nitrogens with two attached hydrogens (primary N) is 1. The van der Waals surface area contributed by atoms with Gasteiger partial charge < -0.3 is 10.8 Å². The van der Waals surface area contributed by atoms with E-state index in [4.69, 9.17) is 17.3 Å². The zero-order valence-electron chi connectivity index (χ0n) is 10.3. The highest BCUT2D eigenvalue weighted by atomic mass is 35.5. The third-order valence-electron chi connectivity index (χ3n) is 4.30. The fourth-order valence-corrected chi connectivity index (χ4v) is 3.55. The third kappa shape index (κ3) is 1.79. The summed E-state index contributed by atoms with van der Waals surface area (Å²) in [6.45, 7) is 1.99. The molecule has 0 saturated carbocycles. The molecular formula is C13H18ClN3O. The molecule has 2 saturated heterocycles. The van der Waals surface area contributed by atoms with Crippen molar-refractivity contribution in [2.75, 3.05) is 18.8 Å². The van der Waals surface area contributed by atoms with Crippen molar-refractivity contribution in [2.45, 2.75) is 37.3 Å². The summed E-state index contributed by atoms with van der Waals surface area (Å²) in [6.07, 6.45) is 5.64. The van der Waals surface area contributed by atoms with Crippen LogP contribution in [-0.4, -0.2) is 34.1 Å². The van der Waals surface area contributed by atoms with Crippen LogP contribution >= 0.6 is 11.6 Å². The van der Waals surface area contributed by atoms with E-state index in [-0.39, 0.29) is 6.04 Å². The monoisotopic (exact) mass is 267 g/mol. The Morgan fingerprint density at radius 2 is 2.28 bits per heavy atom. The molecule has 0 amide bonds. The first-order valence-electron chi connectivity index (χ1n) is 6.49. The number of anilines is 1. The van der Waals surface area contributed by atoms with Crippen LogP contribution in [0.25, 0.3) is 0 Å². The van der Waals surface area contributed by atoms with Gasteiger partial charge in [-0.05, 0) is 31.9 Å². The molecule has 2 unspecified atom stereocenters. The maximum absolute atomic E-state index is 11.0. The Morgan fingerprint density at radius 1 is 1.44 bits per heavy atom. The number of aromatic nitrogens is 1. The van der Waals surface area contributed by atoms with Crippen LogP contribution in [0.3, 0.4) is 0 Å². The molecule has 3 rings (SSSR count). The summed E-state index contributed by atoms with van der Waals surface area (Å²) < 4.78 is 0. The second kappa shape index (κ2) is 4.37. The Hall–Kier alpha value is -0.840. The molecule has 4 nitrogen and oxygen atoms in total. The van der Waals surface area contributed by atoms with Crippen LogP contribution in [0.15, 0.2) is 12.3 Å². The van der Waals surface area contributed by atoms with Crippen molar-refractivity contribution in [2.24, 2.45) is 0 Å². The predicted molar refractivity (Wildman–Crippen MR) is 71.4 cm³/mol. The summed E-state index contributed by atoms with van der Waals surface area (Å²) in [5.74, 6) is 0.398. The minimum absolute atomic E-state index is 0.161. The largest absolute Gasteiger partial charge is 0.383 e. The van der Waals surface area contributed by atoms with Gasteiger partial charge in [0.25, 0.3) is 0 Å². The van der Waals surface area contributed by atoms with Crippen molar-refractivity contribution in [3.05, 3.63) is 22.8 Å². The maximum Gasteiger partial charge on any atom is 0.129 e. The van der Waals surface area contributed by atoms with E-state index < -0.39 is 5.60 Å². The van der Waals surface area contributed by atoms with E-state index in [0.717, 1.165) is 25.9 Å². The topological polar surface area (TPSA) is 62.4 Å². The number of nitrogens with zero attached hydrogens (tertiary/aromatic N) is 2. The third-order valence-corrected chi connectivity index (χ3v) is 4.50. The number of pyridine rings is 1. The van der Waals surface area contributed by atoms with E-state index in [1.54, 1.807) is 6.07 Å². The molecule has 2 fully saturated rings. The Balaban J connectivity index is 2.01. The zero-order chi connectivity index (χ0) is 12.8.